The van der Waals surface area contributed by atoms with Crippen molar-refractivity contribution in [1.29, 1.82) is 0 Å². The van der Waals surface area contributed by atoms with Crippen LogP contribution < -0.4 is 16.4 Å². The van der Waals surface area contributed by atoms with Crippen LogP contribution in [0.2, 0.25) is 0 Å². The van der Waals surface area contributed by atoms with Gasteiger partial charge in [0.1, 0.15) is 0 Å². The summed E-state index contributed by atoms with van der Waals surface area (Å²) in [4.78, 5) is 10.9. The van der Waals surface area contributed by atoms with E-state index in [2.05, 4.69) is 17.6 Å². The molecule has 0 spiro atoms. The van der Waals surface area contributed by atoms with Crippen molar-refractivity contribution in [3.05, 3.63) is 0 Å². The van der Waals surface area contributed by atoms with E-state index in [1.807, 2.05) is 0 Å². The van der Waals surface area contributed by atoms with E-state index < -0.39 is 0 Å². The molecule has 0 saturated carbocycles. The first-order valence-corrected chi connectivity index (χ1v) is 4.90. The van der Waals surface area contributed by atoms with Crippen LogP contribution in [0.15, 0.2) is 0 Å². The van der Waals surface area contributed by atoms with Gasteiger partial charge in [-0.15, -0.1) is 0 Å². The average Bonchev–Trinajstić information content (AvgIpc) is 2.14. The Kier molecular flexibility index (Phi) is 7.39. The van der Waals surface area contributed by atoms with E-state index in [1.165, 1.54) is 0 Å². The molecule has 0 saturated heterocycles. The Bertz CT molecular complexity index is 133. The number of amides is 2. The summed E-state index contributed by atoms with van der Waals surface area (Å²) in [6.45, 7) is 3.56. The van der Waals surface area contributed by atoms with Gasteiger partial charge in [0.2, 0.25) is 0 Å². The fourth-order valence-corrected chi connectivity index (χ4v) is 1.32. The Morgan fingerprint density at radius 3 is 2.62 bits per heavy atom. The number of rotatable bonds is 6. The maximum Gasteiger partial charge on any atom is 0.314 e. The molecule has 0 aliphatic carbocycles. The SMILES string of the molecule is CCCC(CCN)CNC(=O)NC. The van der Waals surface area contributed by atoms with Crippen molar-refractivity contribution in [3.63, 3.8) is 0 Å². The number of nitrogens with one attached hydrogen (secondary N) is 2. The minimum Gasteiger partial charge on any atom is -0.341 e. The Morgan fingerprint density at radius 2 is 2.15 bits per heavy atom. The molecule has 1 atom stereocenters. The third-order valence-corrected chi connectivity index (χ3v) is 2.05. The van der Waals surface area contributed by atoms with Crippen LogP contribution >= 0.6 is 0 Å². The summed E-state index contributed by atoms with van der Waals surface area (Å²) >= 11 is 0. The van der Waals surface area contributed by atoms with Gasteiger partial charge in [0.25, 0.3) is 0 Å². The molecule has 0 aliphatic heterocycles. The third-order valence-electron chi connectivity index (χ3n) is 2.05. The van der Waals surface area contributed by atoms with E-state index in [0.717, 1.165) is 25.8 Å². The summed E-state index contributed by atoms with van der Waals surface area (Å²) in [5.74, 6) is 0.521. The first-order chi connectivity index (χ1) is 6.24. The summed E-state index contributed by atoms with van der Waals surface area (Å²) in [6.07, 6.45) is 3.25. The highest BCUT2D eigenvalue weighted by Crippen LogP contribution is 2.08. The van der Waals surface area contributed by atoms with E-state index in [1.54, 1.807) is 7.05 Å². The molecule has 0 aromatic carbocycles. The van der Waals surface area contributed by atoms with Crippen LogP contribution in [0.25, 0.3) is 0 Å². The standard InChI is InChI=1S/C9H21N3O/c1-3-4-8(5-6-10)7-12-9(13)11-2/h8H,3-7,10H2,1-2H3,(H2,11,12,13). The van der Waals surface area contributed by atoms with Crippen molar-refractivity contribution in [2.45, 2.75) is 26.2 Å². The molecule has 0 rings (SSSR count). The van der Waals surface area contributed by atoms with E-state index in [-0.39, 0.29) is 6.03 Å². The lowest BCUT2D eigenvalue weighted by molar-refractivity contribution is 0.240. The normalized spacial score (nSPS) is 12.2. The first-order valence-electron chi connectivity index (χ1n) is 4.90. The van der Waals surface area contributed by atoms with E-state index in [4.69, 9.17) is 5.73 Å². The Balaban J connectivity index is 3.61. The van der Waals surface area contributed by atoms with Crippen molar-refractivity contribution in [2.24, 2.45) is 11.7 Å². The second kappa shape index (κ2) is 7.86. The lowest BCUT2D eigenvalue weighted by Crippen LogP contribution is -2.36. The zero-order valence-electron chi connectivity index (χ0n) is 8.60. The van der Waals surface area contributed by atoms with Crippen LogP contribution in [0.3, 0.4) is 0 Å². The van der Waals surface area contributed by atoms with Crippen LogP contribution in [-0.4, -0.2) is 26.2 Å². The molecule has 1 unspecified atom stereocenters. The monoisotopic (exact) mass is 187 g/mol. The molecule has 0 aromatic heterocycles. The molecule has 0 heterocycles. The van der Waals surface area contributed by atoms with Gasteiger partial charge in [-0.1, -0.05) is 13.3 Å². The minimum absolute atomic E-state index is 0.113. The number of urea groups is 1. The lowest BCUT2D eigenvalue weighted by atomic mass is 10.00. The fourth-order valence-electron chi connectivity index (χ4n) is 1.32. The van der Waals surface area contributed by atoms with Gasteiger partial charge in [-0.3, -0.25) is 0 Å². The highest BCUT2D eigenvalue weighted by Gasteiger charge is 2.07. The number of hydrogen-bond donors (Lipinski definition) is 3. The minimum atomic E-state index is -0.113. The van der Waals surface area contributed by atoms with Gasteiger partial charge in [-0.05, 0) is 25.3 Å². The van der Waals surface area contributed by atoms with Gasteiger partial charge in [-0.25, -0.2) is 4.79 Å². The molecule has 4 nitrogen and oxygen atoms in total. The largest absolute Gasteiger partial charge is 0.341 e. The Morgan fingerprint density at radius 1 is 1.46 bits per heavy atom. The zero-order valence-corrected chi connectivity index (χ0v) is 8.60. The molecule has 0 fully saturated rings. The quantitative estimate of drug-likeness (QED) is 0.572. The van der Waals surface area contributed by atoms with Gasteiger partial charge < -0.3 is 16.4 Å². The smallest absolute Gasteiger partial charge is 0.314 e. The molecule has 2 amide bonds. The van der Waals surface area contributed by atoms with Gasteiger partial charge in [0.05, 0.1) is 0 Å². The second-order valence-electron chi connectivity index (χ2n) is 3.19. The van der Waals surface area contributed by atoms with Crippen molar-refractivity contribution in [2.75, 3.05) is 20.1 Å². The van der Waals surface area contributed by atoms with Crippen molar-refractivity contribution in [3.8, 4) is 0 Å². The van der Waals surface area contributed by atoms with Gasteiger partial charge in [0, 0.05) is 13.6 Å². The molecule has 13 heavy (non-hydrogen) atoms. The van der Waals surface area contributed by atoms with Crippen LogP contribution in [0, 0.1) is 5.92 Å². The molecule has 4 heteroatoms. The summed E-state index contributed by atoms with van der Waals surface area (Å²) in [6, 6.07) is -0.113. The summed E-state index contributed by atoms with van der Waals surface area (Å²) in [7, 11) is 1.62. The molecule has 0 bridgehead atoms. The highest BCUT2D eigenvalue weighted by molar-refractivity contribution is 5.73. The van der Waals surface area contributed by atoms with E-state index >= 15 is 0 Å². The van der Waals surface area contributed by atoms with Crippen molar-refractivity contribution in [1.82, 2.24) is 10.6 Å². The summed E-state index contributed by atoms with van der Waals surface area (Å²) in [5, 5.41) is 5.32. The van der Waals surface area contributed by atoms with Crippen LogP contribution in [-0.2, 0) is 0 Å². The number of hydrogen-bond acceptors (Lipinski definition) is 2. The van der Waals surface area contributed by atoms with Gasteiger partial charge in [0.15, 0.2) is 0 Å². The maximum absolute atomic E-state index is 10.9. The third kappa shape index (κ3) is 6.40. The number of carbonyl (C=O) groups excluding carboxylic acids is 1. The predicted octanol–water partition coefficient (Wildman–Crippen LogP) is 0.681. The maximum atomic E-state index is 10.9. The molecule has 0 aliphatic rings. The molecule has 4 N–H and O–H groups in total. The number of carbonyl (C=O) groups is 1. The highest BCUT2D eigenvalue weighted by atomic mass is 16.2. The van der Waals surface area contributed by atoms with E-state index in [9.17, 15) is 4.79 Å². The first kappa shape index (κ1) is 12.2. The van der Waals surface area contributed by atoms with Crippen LogP contribution in [0.4, 0.5) is 4.79 Å². The molecular formula is C9H21N3O. The Hall–Kier alpha value is -0.770. The molecule has 78 valence electrons. The summed E-state index contributed by atoms with van der Waals surface area (Å²) in [5.41, 5.74) is 5.47. The average molecular weight is 187 g/mol. The molecular weight excluding hydrogens is 166 g/mol. The van der Waals surface area contributed by atoms with E-state index in [0.29, 0.717) is 12.5 Å². The zero-order chi connectivity index (χ0) is 10.1. The fraction of sp³-hybridized carbons (Fsp3) is 0.889. The molecule has 0 aromatic rings. The lowest BCUT2D eigenvalue weighted by Gasteiger charge is -2.15. The van der Waals surface area contributed by atoms with Crippen molar-refractivity contribution < 1.29 is 4.79 Å². The second-order valence-corrected chi connectivity index (χ2v) is 3.19. The van der Waals surface area contributed by atoms with Crippen molar-refractivity contribution >= 4 is 6.03 Å². The van der Waals surface area contributed by atoms with Crippen LogP contribution in [0.5, 0.6) is 0 Å². The topological polar surface area (TPSA) is 67.1 Å². The van der Waals surface area contributed by atoms with Crippen LogP contribution in [0.1, 0.15) is 26.2 Å². The van der Waals surface area contributed by atoms with Gasteiger partial charge >= 0.3 is 6.03 Å². The predicted molar refractivity (Wildman–Crippen MR) is 54.5 cm³/mol. The van der Waals surface area contributed by atoms with Gasteiger partial charge in [-0.2, -0.15) is 0 Å². The molecule has 0 radical (unpaired) electrons. The number of nitrogens with two attached hydrogens (primary N) is 1. The Labute approximate surface area is 80.3 Å². The summed E-state index contributed by atoms with van der Waals surface area (Å²) < 4.78 is 0.